The van der Waals surface area contributed by atoms with Crippen LogP contribution in [0.5, 0.6) is 0 Å². The standard InChI is InChI=1S/C33H49NO8/c1-2-3-4-9-15-36-17-19-38-21-23-40-25-26-41-24-22-39-20-18-37-16-14-34-33(35)42-27-32-30-12-7-5-10-28(30)29-11-6-8-13-31(29)32/h5-8,10-13,32H,2-4,9,14-27H2,1H3,(H,34,35). The first-order chi connectivity index (χ1) is 20.8. The largest absolute Gasteiger partial charge is 0.449 e. The second kappa shape index (κ2) is 22.1. The van der Waals surface area contributed by atoms with Crippen LogP contribution in [0.1, 0.15) is 49.7 Å². The summed E-state index contributed by atoms with van der Waals surface area (Å²) in [4.78, 5) is 12.2. The number of hydrogen-bond donors (Lipinski definition) is 1. The molecule has 0 fully saturated rings. The highest BCUT2D eigenvalue weighted by Gasteiger charge is 2.28. The monoisotopic (exact) mass is 587 g/mol. The van der Waals surface area contributed by atoms with Gasteiger partial charge < -0.3 is 38.5 Å². The lowest BCUT2D eigenvalue weighted by atomic mass is 9.98. The minimum atomic E-state index is -0.441. The molecule has 2 aromatic carbocycles. The van der Waals surface area contributed by atoms with E-state index in [9.17, 15) is 4.79 Å². The van der Waals surface area contributed by atoms with Crippen molar-refractivity contribution in [3.05, 3.63) is 59.7 Å². The topological polar surface area (TPSA) is 93.7 Å². The molecule has 0 radical (unpaired) electrons. The summed E-state index contributed by atoms with van der Waals surface area (Å²) in [6.45, 7) is 9.36. The van der Waals surface area contributed by atoms with Gasteiger partial charge in [0.25, 0.3) is 0 Å². The van der Waals surface area contributed by atoms with E-state index in [0.29, 0.717) is 85.8 Å². The quantitative estimate of drug-likeness (QED) is 0.158. The first kappa shape index (κ1) is 34.0. The Bertz CT molecular complexity index is 943. The van der Waals surface area contributed by atoms with E-state index in [4.69, 9.17) is 33.2 Å². The van der Waals surface area contributed by atoms with Gasteiger partial charge in [-0.15, -0.1) is 0 Å². The molecule has 3 rings (SSSR count). The maximum Gasteiger partial charge on any atom is 0.407 e. The molecular formula is C33H49NO8. The first-order valence-corrected chi connectivity index (χ1v) is 15.4. The van der Waals surface area contributed by atoms with Gasteiger partial charge in [-0.3, -0.25) is 0 Å². The number of nitrogens with one attached hydrogen (secondary N) is 1. The van der Waals surface area contributed by atoms with Crippen LogP contribution in [0.25, 0.3) is 11.1 Å². The van der Waals surface area contributed by atoms with Crippen LogP contribution in [0, 0.1) is 0 Å². The Morgan fingerprint density at radius 3 is 1.55 bits per heavy atom. The molecule has 0 aliphatic heterocycles. The molecule has 1 aliphatic carbocycles. The number of unbranched alkanes of at least 4 members (excludes halogenated alkanes) is 3. The maximum atomic E-state index is 12.2. The number of carbonyl (C=O) groups excluding carboxylic acids is 1. The number of carbonyl (C=O) groups is 1. The zero-order valence-corrected chi connectivity index (χ0v) is 25.2. The van der Waals surface area contributed by atoms with Crippen LogP contribution in [-0.4, -0.2) is 98.5 Å². The van der Waals surface area contributed by atoms with E-state index in [1.807, 2.05) is 24.3 Å². The predicted octanol–water partition coefficient (Wildman–Crippen LogP) is 5.21. The van der Waals surface area contributed by atoms with E-state index < -0.39 is 6.09 Å². The minimum Gasteiger partial charge on any atom is -0.449 e. The second-order valence-corrected chi connectivity index (χ2v) is 9.99. The highest BCUT2D eigenvalue weighted by atomic mass is 16.6. The molecule has 0 saturated heterocycles. The molecule has 2 aromatic rings. The number of alkyl carbamates (subject to hydrolysis) is 1. The van der Waals surface area contributed by atoms with Gasteiger partial charge in [-0.25, -0.2) is 4.79 Å². The van der Waals surface area contributed by atoms with Gasteiger partial charge in [0.05, 0.1) is 72.7 Å². The SMILES string of the molecule is CCCCCCOCCOCCOCCOCCOCCOCCNC(=O)OCC1c2ccccc2-c2ccccc21. The molecule has 1 aliphatic rings. The normalized spacial score (nSPS) is 12.3. The van der Waals surface area contributed by atoms with Crippen molar-refractivity contribution in [3.63, 3.8) is 0 Å². The summed E-state index contributed by atoms with van der Waals surface area (Å²) in [6, 6.07) is 16.6. The van der Waals surface area contributed by atoms with Crippen molar-refractivity contribution in [2.45, 2.75) is 38.5 Å². The molecule has 0 unspecified atom stereocenters. The molecule has 1 N–H and O–H groups in total. The van der Waals surface area contributed by atoms with Crippen LogP contribution in [0.4, 0.5) is 4.79 Å². The van der Waals surface area contributed by atoms with Crippen molar-refractivity contribution >= 4 is 6.09 Å². The summed E-state index contributed by atoms with van der Waals surface area (Å²) in [5.41, 5.74) is 4.81. The van der Waals surface area contributed by atoms with Gasteiger partial charge in [-0.2, -0.15) is 0 Å². The Hall–Kier alpha value is -2.53. The number of rotatable bonds is 25. The van der Waals surface area contributed by atoms with Gasteiger partial charge >= 0.3 is 6.09 Å². The molecule has 0 heterocycles. The molecule has 0 atom stereocenters. The third-order valence-electron chi connectivity index (χ3n) is 6.86. The lowest BCUT2D eigenvalue weighted by Crippen LogP contribution is -2.29. The van der Waals surface area contributed by atoms with Gasteiger partial charge in [0.2, 0.25) is 0 Å². The van der Waals surface area contributed by atoms with Crippen LogP contribution in [0.2, 0.25) is 0 Å². The highest BCUT2D eigenvalue weighted by Crippen LogP contribution is 2.44. The van der Waals surface area contributed by atoms with Crippen molar-refractivity contribution in [1.82, 2.24) is 5.32 Å². The number of ether oxygens (including phenoxy) is 7. The average molecular weight is 588 g/mol. The van der Waals surface area contributed by atoms with E-state index in [0.717, 1.165) is 13.0 Å². The first-order valence-electron chi connectivity index (χ1n) is 15.4. The maximum absolute atomic E-state index is 12.2. The van der Waals surface area contributed by atoms with Crippen molar-refractivity contribution in [2.75, 3.05) is 92.4 Å². The summed E-state index contributed by atoms with van der Waals surface area (Å²) >= 11 is 0. The summed E-state index contributed by atoms with van der Waals surface area (Å²) in [5, 5.41) is 2.74. The third kappa shape index (κ3) is 13.2. The van der Waals surface area contributed by atoms with E-state index >= 15 is 0 Å². The number of fused-ring (bicyclic) bond motifs is 3. The number of benzene rings is 2. The number of hydrogen-bond acceptors (Lipinski definition) is 8. The molecular weight excluding hydrogens is 538 g/mol. The van der Waals surface area contributed by atoms with Crippen LogP contribution in [-0.2, 0) is 33.2 Å². The van der Waals surface area contributed by atoms with E-state index in [-0.39, 0.29) is 5.92 Å². The van der Waals surface area contributed by atoms with Crippen molar-refractivity contribution < 1.29 is 38.0 Å². The van der Waals surface area contributed by atoms with Gasteiger partial charge in [-0.1, -0.05) is 74.7 Å². The predicted molar refractivity (Wildman–Crippen MR) is 162 cm³/mol. The minimum absolute atomic E-state index is 0.0490. The molecule has 0 saturated carbocycles. The lowest BCUT2D eigenvalue weighted by Gasteiger charge is -2.14. The Balaban J connectivity index is 1.05. The molecule has 42 heavy (non-hydrogen) atoms. The molecule has 1 amide bonds. The van der Waals surface area contributed by atoms with E-state index in [1.165, 1.54) is 41.5 Å². The van der Waals surface area contributed by atoms with Crippen molar-refractivity contribution in [2.24, 2.45) is 0 Å². The van der Waals surface area contributed by atoms with Gasteiger partial charge in [0.15, 0.2) is 0 Å². The fourth-order valence-corrected chi connectivity index (χ4v) is 4.71. The molecule has 0 bridgehead atoms. The summed E-state index contributed by atoms with van der Waals surface area (Å²) in [5.74, 6) is 0.0490. The van der Waals surface area contributed by atoms with Crippen LogP contribution in [0.15, 0.2) is 48.5 Å². The zero-order valence-electron chi connectivity index (χ0n) is 25.2. The smallest absolute Gasteiger partial charge is 0.407 e. The van der Waals surface area contributed by atoms with Crippen molar-refractivity contribution in [3.8, 4) is 11.1 Å². The third-order valence-corrected chi connectivity index (χ3v) is 6.86. The number of amides is 1. The van der Waals surface area contributed by atoms with E-state index in [1.54, 1.807) is 0 Å². The average Bonchev–Trinajstić information content (AvgIpc) is 3.34. The van der Waals surface area contributed by atoms with Crippen molar-refractivity contribution in [1.29, 1.82) is 0 Å². The van der Waals surface area contributed by atoms with Crippen LogP contribution < -0.4 is 5.32 Å². The Morgan fingerprint density at radius 2 is 1.05 bits per heavy atom. The Morgan fingerprint density at radius 1 is 0.595 bits per heavy atom. The molecule has 0 aromatic heterocycles. The molecule has 9 nitrogen and oxygen atoms in total. The zero-order chi connectivity index (χ0) is 29.5. The highest BCUT2D eigenvalue weighted by molar-refractivity contribution is 5.79. The fraction of sp³-hybridized carbons (Fsp3) is 0.606. The molecule has 9 heteroatoms. The van der Waals surface area contributed by atoms with Gasteiger partial charge in [0, 0.05) is 19.1 Å². The second-order valence-electron chi connectivity index (χ2n) is 9.99. The Labute approximate surface area is 251 Å². The van der Waals surface area contributed by atoms with Gasteiger partial charge in [-0.05, 0) is 28.7 Å². The van der Waals surface area contributed by atoms with E-state index in [2.05, 4.69) is 36.5 Å². The fourth-order valence-electron chi connectivity index (χ4n) is 4.71. The Kier molecular flexibility index (Phi) is 17.8. The summed E-state index contributed by atoms with van der Waals surface area (Å²) in [7, 11) is 0. The lowest BCUT2D eigenvalue weighted by molar-refractivity contribution is -0.0167. The summed E-state index contributed by atoms with van der Waals surface area (Å²) < 4.78 is 38.5. The van der Waals surface area contributed by atoms with Gasteiger partial charge in [0.1, 0.15) is 6.61 Å². The van der Waals surface area contributed by atoms with Crippen LogP contribution >= 0.6 is 0 Å². The molecule has 234 valence electrons. The van der Waals surface area contributed by atoms with Crippen LogP contribution in [0.3, 0.4) is 0 Å². The molecule has 0 spiro atoms. The summed E-state index contributed by atoms with van der Waals surface area (Å²) in [6.07, 6.45) is 4.44.